The van der Waals surface area contributed by atoms with Gasteiger partial charge in [-0.05, 0) is 30.9 Å². The first kappa shape index (κ1) is 13.0. The van der Waals surface area contributed by atoms with Crippen LogP contribution in [0.2, 0.25) is 0 Å². The lowest BCUT2D eigenvalue weighted by Crippen LogP contribution is -2.51. The van der Waals surface area contributed by atoms with Gasteiger partial charge in [-0.2, -0.15) is 0 Å². The number of halogens is 1. The molecule has 1 heterocycles. The number of hydrogen-bond acceptors (Lipinski definition) is 2. The minimum Gasteiger partial charge on any atom is -0.334 e. The summed E-state index contributed by atoms with van der Waals surface area (Å²) in [6, 6.07) is 6.14. The lowest BCUT2D eigenvalue weighted by Gasteiger charge is -2.39. The number of likely N-dealkylation sites (tertiary alicyclic amines) is 1. The highest BCUT2D eigenvalue weighted by Gasteiger charge is 2.32. The fourth-order valence-electron chi connectivity index (χ4n) is 2.65. The second kappa shape index (κ2) is 5.48. The van der Waals surface area contributed by atoms with Crippen LogP contribution in [0.1, 0.15) is 30.1 Å². The van der Waals surface area contributed by atoms with Crippen LogP contribution in [0.4, 0.5) is 4.39 Å². The highest BCUT2D eigenvalue weighted by atomic mass is 19.1. The highest BCUT2D eigenvalue weighted by molar-refractivity contribution is 5.94. The van der Waals surface area contributed by atoms with Crippen LogP contribution < -0.4 is 5.73 Å². The quantitative estimate of drug-likeness (QED) is 0.873. The molecule has 2 N–H and O–H groups in total. The number of piperidine rings is 1. The molecule has 0 aromatic heterocycles. The first-order chi connectivity index (χ1) is 8.65. The molecule has 1 saturated heterocycles. The molecule has 2 atom stereocenters. The minimum atomic E-state index is -0.462. The lowest BCUT2D eigenvalue weighted by atomic mass is 9.90. The molecular formula is C14H19FN2O. The molecule has 0 bridgehead atoms. The van der Waals surface area contributed by atoms with Gasteiger partial charge in [0.15, 0.2) is 0 Å². The molecule has 1 aromatic carbocycles. The van der Waals surface area contributed by atoms with Crippen LogP contribution in [0.25, 0.3) is 0 Å². The van der Waals surface area contributed by atoms with Crippen LogP contribution >= 0.6 is 0 Å². The fraction of sp³-hybridized carbons (Fsp3) is 0.500. The maximum Gasteiger partial charge on any atom is 0.257 e. The molecule has 3 nitrogen and oxygen atoms in total. The van der Waals surface area contributed by atoms with Crippen molar-refractivity contribution in [3.8, 4) is 0 Å². The van der Waals surface area contributed by atoms with E-state index in [-0.39, 0.29) is 17.5 Å². The first-order valence-electron chi connectivity index (χ1n) is 6.40. The van der Waals surface area contributed by atoms with E-state index in [1.54, 1.807) is 17.0 Å². The summed E-state index contributed by atoms with van der Waals surface area (Å²) < 4.78 is 13.6. The zero-order valence-corrected chi connectivity index (χ0v) is 10.6. The smallest absolute Gasteiger partial charge is 0.257 e. The molecule has 4 heteroatoms. The molecule has 1 amide bonds. The van der Waals surface area contributed by atoms with Crippen molar-refractivity contribution in [2.45, 2.75) is 25.8 Å². The van der Waals surface area contributed by atoms with Gasteiger partial charge in [-0.25, -0.2) is 4.39 Å². The number of carbonyl (C=O) groups is 1. The standard InChI is InChI=1S/C14H19FN2O/c1-10-5-4-8-17(13(10)9-16)14(18)11-6-2-3-7-12(11)15/h2-3,6-7,10,13H,4-5,8-9,16H2,1H3/t10-,13-/m1/s1. The number of nitrogens with zero attached hydrogens (tertiary/aromatic N) is 1. The van der Waals surface area contributed by atoms with Crippen LogP contribution in [0.3, 0.4) is 0 Å². The molecule has 1 fully saturated rings. The second-order valence-corrected chi connectivity index (χ2v) is 4.90. The number of nitrogens with two attached hydrogens (primary N) is 1. The maximum absolute atomic E-state index is 13.6. The van der Waals surface area contributed by atoms with Gasteiger partial charge in [0.1, 0.15) is 5.82 Å². The van der Waals surface area contributed by atoms with Gasteiger partial charge >= 0.3 is 0 Å². The third-order valence-corrected chi connectivity index (χ3v) is 3.72. The fourth-order valence-corrected chi connectivity index (χ4v) is 2.65. The Morgan fingerprint density at radius 1 is 1.50 bits per heavy atom. The van der Waals surface area contributed by atoms with Crippen LogP contribution in [-0.4, -0.2) is 29.9 Å². The summed E-state index contributed by atoms with van der Waals surface area (Å²) in [7, 11) is 0. The number of hydrogen-bond donors (Lipinski definition) is 1. The van der Waals surface area contributed by atoms with Crippen molar-refractivity contribution in [2.75, 3.05) is 13.1 Å². The van der Waals surface area contributed by atoms with Gasteiger partial charge < -0.3 is 10.6 Å². The average molecular weight is 250 g/mol. The van der Waals surface area contributed by atoms with E-state index >= 15 is 0 Å². The van der Waals surface area contributed by atoms with Gasteiger partial charge in [0, 0.05) is 19.1 Å². The first-order valence-corrected chi connectivity index (χ1v) is 6.40. The molecule has 98 valence electrons. The van der Waals surface area contributed by atoms with Crippen LogP contribution in [-0.2, 0) is 0 Å². The van der Waals surface area contributed by atoms with Crippen molar-refractivity contribution < 1.29 is 9.18 Å². The van der Waals surface area contributed by atoms with E-state index in [9.17, 15) is 9.18 Å². The van der Waals surface area contributed by atoms with E-state index in [1.165, 1.54) is 12.1 Å². The van der Waals surface area contributed by atoms with Crippen molar-refractivity contribution in [1.29, 1.82) is 0 Å². The van der Waals surface area contributed by atoms with Crippen molar-refractivity contribution in [3.05, 3.63) is 35.6 Å². The predicted octanol–water partition coefficient (Wildman–Crippen LogP) is 2.03. The van der Waals surface area contributed by atoms with Gasteiger partial charge in [0.2, 0.25) is 0 Å². The molecule has 18 heavy (non-hydrogen) atoms. The Morgan fingerprint density at radius 3 is 2.89 bits per heavy atom. The van der Waals surface area contributed by atoms with Crippen LogP contribution in [0.5, 0.6) is 0 Å². The summed E-state index contributed by atoms with van der Waals surface area (Å²) in [5, 5.41) is 0. The molecule has 0 spiro atoms. The third-order valence-electron chi connectivity index (χ3n) is 3.72. The predicted molar refractivity (Wildman–Crippen MR) is 68.7 cm³/mol. The Hall–Kier alpha value is -1.42. The molecular weight excluding hydrogens is 231 g/mol. The number of rotatable bonds is 2. The monoisotopic (exact) mass is 250 g/mol. The van der Waals surface area contributed by atoms with Crippen molar-refractivity contribution in [2.24, 2.45) is 11.7 Å². The number of amides is 1. The van der Waals surface area contributed by atoms with Gasteiger partial charge in [-0.15, -0.1) is 0 Å². The lowest BCUT2D eigenvalue weighted by molar-refractivity contribution is 0.0528. The van der Waals surface area contributed by atoms with E-state index in [4.69, 9.17) is 5.73 Å². The molecule has 1 aromatic rings. The van der Waals surface area contributed by atoms with Crippen molar-refractivity contribution in [3.63, 3.8) is 0 Å². The molecule has 0 unspecified atom stereocenters. The summed E-state index contributed by atoms with van der Waals surface area (Å²) >= 11 is 0. The van der Waals surface area contributed by atoms with Crippen molar-refractivity contribution >= 4 is 5.91 Å². The van der Waals surface area contributed by atoms with Crippen LogP contribution in [0.15, 0.2) is 24.3 Å². The molecule has 0 radical (unpaired) electrons. The van der Waals surface area contributed by atoms with Crippen molar-refractivity contribution in [1.82, 2.24) is 4.90 Å². The summed E-state index contributed by atoms with van der Waals surface area (Å²) in [6.07, 6.45) is 2.03. The summed E-state index contributed by atoms with van der Waals surface area (Å²) in [5.41, 5.74) is 5.89. The zero-order valence-electron chi connectivity index (χ0n) is 10.6. The van der Waals surface area contributed by atoms with Gasteiger partial charge in [0.05, 0.1) is 5.56 Å². The molecule has 1 aliphatic heterocycles. The van der Waals surface area contributed by atoms with E-state index < -0.39 is 5.82 Å². The largest absolute Gasteiger partial charge is 0.334 e. The molecule has 2 rings (SSSR count). The maximum atomic E-state index is 13.6. The van der Waals surface area contributed by atoms with Crippen LogP contribution in [0, 0.1) is 11.7 Å². The van der Waals surface area contributed by atoms with E-state index in [2.05, 4.69) is 6.92 Å². The second-order valence-electron chi connectivity index (χ2n) is 4.90. The summed E-state index contributed by atoms with van der Waals surface area (Å²) in [6.45, 7) is 3.19. The Balaban J connectivity index is 2.25. The molecule has 0 saturated carbocycles. The third kappa shape index (κ3) is 2.38. The number of benzene rings is 1. The minimum absolute atomic E-state index is 0.0193. The van der Waals surface area contributed by atoms with E-state index in [0.29, 0.717) is 19.0 Å². The van der Waals surface area contributed by atoms with E-state index in [0.717, 1.165) is 12.8 Å². The average Bonchev–Trinajstić information content (AvgIpc) is 2.38. The molecule has 1 aliphatic rings. The summed E-state index contributed by atoms with van der Waals surface area (Å²) in [5.74, 6) is -0.328. The Bertz CT molecular complexity index is 436. The Morgan fingerprint density at radius 2 is 2.22 bits per heavy atom. The Kier molecular flexibility index (Phi) is 3.97. The topological polar surface area (TPSA) is 46.3 Å². The molecule has 0 aliphatic carbocycles. The zero-order chi connectivity index (χ0) is 13.1. The Labute approximate surface area is 107 Å². The van der Waals surface area contributed by atoms with Gasteiger partial charge in [0.25, 0.3) is 5.91 Å². The normalized spacial score (nSPS) is 24.1. The highest BCUT2D eigenvalue weighted by Crippen LogP contribution is 2.24. The SMILES string of the molecule is C[C@@H]1CCCN(C(=O)c2ccccc2F)[C@@H]1CN. The van der Waals surface area contributed by atoms with Gasteiger partial charge in [-0.1, -0.05) is 19.1 Å². The number of carbonyl (C=O) groups excluding carboxylic acids is 1. The van der Waals surface area contributed by atoms with Gasteiger partial charge in [-0.3, -0.25) is 4.79 Å². The summed E-state index contributed by atoms with van der Waals surface area (Å²) in [4.78, 5) is 14.1. The van der Waals surface area contributed by atoms with E-state index in [1.807, 2.05) is 0 Å².